The van der Waals surface area contributed by atoms with Crippen LogP contribution >= 0.6 is 0 Å². The molecule has 1 nitrogen and oxygen atoms in total. The van der Waals surface area contributed by atoms with E-state index in [0.29, 0.717) is 11.3 Å². The van der Waals surface area contributed by atoms with Gasteiger partial charge in [-0.25, -0.2) is 0 Å². The molecule has 1 aliphatic carbocycles. The number of hydrogen-bond acceptors (Lipinski definition) is 1. The summed E-state index contributed by atoms with van der Waals surface area (Å²) in [6, 6.07) is 10.9. The average Bonchev–Trinajstić information content (AvgIpc) is 2.92. The summed E-state index contributed by atoms with van der Waals surface area (Å²) in [7, 11) is 0. The van der Waals surface area contributed by atoms with Gasteiger partial charge in [0.05, 0.1) is 0 Å². The second-order valence-corrected chi connectivity index (χ2v) is 7.58. The Kier molecular flexibility index (Phi) is 6.29. The summed E-state index contributed by atoms with van der Waals surface area (Å²) in [6.07, 6.45) is 8.39. The second kappa shape index (κ2) is 7.98. The van der Waals surface area contributed by atoms with E-state index in [9.17, 15) is 0 Å². The maximum absolute atomic E-state index is 3.77. The van der Waals surface area contributed by atoms with Crippen LogP contribution in [0.4, 0.5) is 0 Å². The molecule has 0 spiro atoms. The maximum Gasteiger partial charge on any atom is 0.000791 e. The molecule has 0 heterocycles. The SMILES string of the molecule is CC(C)CC1(CNCCC(C)c2ccccc2)CCCC1. The maximum atomic E-state index is 3.77. The zero-order valence-corrected chi connectivity index (χ0v) is 14.2. The minimum atomic E-state index is 0.601. The molecular formula is C20H33N. The van der Waals surface area contributed by atoms with Gasteiger partial charge in [-0.3, -0.25) is 0 Å². The van der Waals surface area contributed by atoms with Gasteiger partial charge in [0.1, 0.15) is 0 Å². The molecule has 1 aromatic rings. The summed E-state index contributed by atoms with van der Waals surface area (Å²) in [5.41, 5.74) is 2.07. The molecule has 1 N–H and O–H groups in total. The molecule has 1 aliphatic rings. The molecule has 1 heteroatoms. The van der Waals surface area contributed by atoms with Crippen LogP contribution in [0.15, 0.2) is 30.3 Å². The van der Waals surface area contributed by atoms with Crippen LogP contribution < -0.4 is 5.32 Å². The third kappa shape index (κ3) is 5.14. The molecule has 0 aliphatic heterocycles. The van der Waals surface area contributed by atoms with Crippen LogP contribution in [-0.4, -0.2) is 13.1 Å². The van der Waals surface area contributed by atoms with E-state index in [4.69, 9.17) is 0 Å². The van der Waals surface area contributed by atoms with Gasteiger partial charge >= 0.3 is 0 Å². The Labute approximate surface area is 131 Å². The Hall–Kier alpha value is -0.820. The average molecular weight is 287 g/mol. The third-order valence-electron chi connectivity index (χ3n) is 5.13. The first kappa shape index (κ1) is 16.5. The van der Waals surface area contributed by atoms with E-state index >= 15 is 0 Å². The van der Waals surface area contributed by atoms with Gasteiger partial charge in [-0.2, -0.15) is 0 Å². The van der Waals surface area contributed by atoms with Crippen molar-refractivity contribution in [2.24, 2.45) is 11.3 Å². The lowest BCUT2D eigenvalue weighted by molar-refractivity contribution is 0.223. The van der Waals surface area contributed by atoms with E-state index in [2.05, 4.69) is 56.4 Å². The molecule has 0 radical (unpaired) electrons. The molecule has 21 heavy (non-hydrogen) atoms. The summed E-state index contributed by atoms with van der Waals surface area (Å²) in [5.74, 6) is 1.48. The highest BCUT2D eigenvalue weighted by molar-refractivity contribution is 5.18. The zero-order chi connectivity index (χ0) is 15.1. The molecule has 118 valence electrons. The molecule has 0 aromatic heterocycles. The van der Waals surface area contributed by atoms with Crippen molar-refractivity contribution < 1.29 is 0 Å². The highest BCUT2D eigenvalue weighted by atomic mass is 14.9. The van der Waals surface area contributed by atoms with E-state index in [1.807, 2.05) is 0 Å². The fourth-order valence-electron chi connectivity index (χ4n) is 4.06. The molecule has 0 saturated heterocycles. The molecule has 0 amide bonds. The van der Waals surface area contributed by atoms with Crippen LogP contribution in [0.5, 0.6) is 0 Å². The number of benzene rings is 1. The van der Waals surface area contributed by atoms with E-state index in [1.165, 1.54) is 50.6 Å². The first-order chi connectivity index (χ1) is 10.1. The fourth-order valence-corrected chi connectivity index (χ4v) is 4.06. The minimum Gasteiger partial charge on any atom is -0.316 e. The summed E-state index contributed by atoms with van der Waals surface area (Å²) < 4.78 is 0. The predicted molar refractivity (Wildman–Crippen MR) is 92.7 cm³/mol. The van der Waals surface area contributed by atoms with Crippen molar-refractivity contribution in [1.82, 2.24) is 5.32 Å². The highest BCUT2D eigenvalue weighted by Crippen LogP contribution is 2.42. The molecule has 2 rings (SSSR count). The van der Waals surface area contributed by atoms with E-state index in [0.717, 1.165) is 12.5 Å². The van der Waals surface area contributed by atoms with Crippen molar-refractivity contribution in [3.05, 3.63) is 35.9 Å². The van der Waals surface area contributed by atoms with Crippen LogP contribution in [0, 0.1) is 11.3 Å². The van der Waals surface area contributed by atoms with Crippen LogP contribution in [-0.2, 0) is 0 Å². The Morgan fingerprint density at radius 3 is 2.33 bits per heavy atom. The van der Waals surface area contributed by atoms with Gasteiger partial charge in [0.25, 0.3) is 0 Å². The van der Waals surface area contributed by atoms with Gasteiger partial charge in [0.2, 0.25) is 0 Å². The third-order valence-corrected chi connectivity index (χ3v) is 5.13. The van der Waals surface area contributed by atoms with Crippen molar-refractivity contribution >= 4 is 0 Å². The number of rotatable bonds is 8. The molecule has 1 fully saturated rings. The standard InChI is InChI=1S/C20H33N/c1-17(2)15-20(12-7-8-13-20)16-21-14-11-18(3)19-9-5-4-6-10-19/h4-6,9-10,17-18,21H,7-8,11-16H2,1-3H3. The van der Waals surface area contributed by atoms with Gasteiger partial charge in [0.15, 0.2) is 0 Å². The summed E-state index contributed by atoms with van der Waals surface area (Å²) >= 11 is 0. The Morgan fingerprint density at radius 1 is 1.05 bits per heavy atom. The molecule has 0 bridgehead atoms. The van der Waals surface area contributed by atoms with Gasteiger partial charge in [0, 0.05) is 6.54 Å². The molecule has 1 saturated carbocycles. The molecule has 1 unspecified atom stereocenters. The fraction of sp³-hybridized carbons (Fsp3) is 0.700. The Balaban J connectivity index is 1.73. The normalized spacial score (nSPS) is 19.0. The van der Waals surface area contributed by atoms with Gasteiger partial charge in [-0.15, -0.1) is 0 Å². The van der Waals surface area contributed by atoms with Gasteiger partial charge in [-0.1, -0.05) is 63.9 Å². The van der Waals surface area contributed by atoms with Gasteiger partial charge < -0.3 is 5.32 Å². The van der Waals surface area contributed by atoms with Crippen molar-refractivity contribution in [3.63, 3.8) is 0 Å². The van der Waals surface area contributed by atoms with Crippen LogP contribution in [0.2, 0.25) is 0 Å². The lowest BCUT2D eigenvalue weighted by Gasteiger charge is -2.31. The summed E-state index contributed by atoms with van der Waals surface area (Å²) in [4.78, 5) is 0. The number of hydrogen-bond donors (Lipinski definition) is 1. The Morgan fingerprint density at radius 2 is 1.71 bits per heavy atom. The highest BCUT2D eigenvalue weighted by Gasteiger charge is 2.33. The van der Waals surface area contributed by atoms with Crippen LogP contribution in [0.1, 0.15) is 70.8 Å². The van der Waals surface area contributed by atoms with Crippen LogP contribution in [0.25, 0.3) is 0 Å². The monoisotopic (exact) mass is 287 g/mol. The molecule has 1 aromatic carbocycles. The Bertz CT molecular complexity index is 390. The first-order valence-electron chi connectivity index (χ1n) is 8.87. The van der Waals surface area contributed by atoms with Crippen LogP contribution in [0.3, 0.4) is 0 Å². The smallest absolute Gasteiger partial charge is 0.000791 e. The van der Waals surface area contributed by atoms with Crippen molar-refractivity contribution in [3.8, 4) is 0 Å². The predicted octanol–water partition coefficient (Wildman–Crippen LogP) is 5.38. The zero-order valence-electron chi connectivity index (χ0n) is 14.2. The lowest BCUT2D eigenvalue weighted by atomic mass is 9.78. The molecule has 1 atom stereocenters. The number of nitrogens with one attached hydrogen (secondary N) is 1. The second-order valence-electron chi connectivity index (χ2n) is 7.58. The quantitative estimate of drug-likeness (QED) is 0.633. The van der Waals surface area contributed by atoms with Gasteiger partial charge in [-0.05, 0) is 55.0 Å². The summed E-state index contributed by atoms with van der Waals surface area (Å²) in [5, 5.41) is 3.77. The largest absolute Gasteiger partial charge is 0.316 e. The van der Waals surface area contributed by atoms with Crippen molar-refractivity contribution in [1.29, 1.82) is 0 Å². The van der Waals surface area contributed by atoms with E-state index in [1.54, 1.807) is 0 Å². The van der Waals surface area contributed by atoms with E-state index in [-0.39, 0.29) is 0 Å². The molecular weight excluding hydrogens is 254 g/mol. The van der Waals surface area contributed by atoms with Crippen molar-refractivity contribution in [2.75, 3.05) is 13.1 Å². The van der Waals surface area contributed by atoms with E-state index < -0.39 is 0 Å². The van der Waals surface area contributed by atoms with Crippen molar-refractivity contribution in [2.45, 2.75) is 65.2 Å². The summed E-state index contributed by atoms with van der Waals surface area (Å²) in [6.45, 7) is 9.47. The lowest BCUT2D eigenvalue weighted by Crippen LogP contribution is -2.34. The first-order valence-corrected chi connectivity index (χ1v) is 8.87. The topological polar surface area (TPSA) is 12.0 Å². The minimum absolute atomic E-state index is 0.601.